The average Bonchev–Trinajstić information content (AvgIpc) is 2.33. The van der Waals surface area contributed by atoms with Crippen molar-refractivity contribution < 1.29 is 0 Å². The molecule has 1 aromatic heterocycles. The van der Waals surface area contributed by atoms with Gasteiger partial charge in [-0.2, -0.15) is 11.3 Å². The molecule has 1 rings (SSSR count). The lowest BCUT2D eigenvalue weighted by Gasteiger charge is -2.12. The predicted octanol–water partition coefficient (Wildman–Crippen LogP) is 1.94. The van der Waals surface area contributed by atoms with E-state index < -0.39 is 0 Å². The Morgan fingerprint density at radius 3 is 2.45 bits per heavy atom. The molecule has 0 radical (unpaired) electrons. The number of amidine groups is 1. The van der Waals surface area contributed by atoms with E-state index in [4.69, 9.17) is 5.41 Å². The van der Waals surface area contributed by atoms with Crippen molar-refractivity contribution in [1.82, 2.24) is 4.90 Å². The van der Waals surface area contributed by atoms with Gasteiger partial charge in [0.15, 0.2) is 0 Å². The first kappa shape index (κ1) is 8.27. The summed E-state index contributed by atoms with van der Waals surface area (Å²) in [5.74, 6) is 0.587. The fourth-order valence-electron chi connectivity index (χ4n) is 0.844. The monoisotopic (exact) mass is 168 g/mol. The SMILES string of the molecule is Cc1cscc1C(=N)N(C)C. The summed E-state index contributed by atoms with van der Waals surface area (Å²) in [6, 6.07) is 0. The molecule has 0 fully saturated rings. The number of thiophene rings is 1. The third-order valence-electron chi connectivity index (χ3n) is 1.56. The van der Waals surface area contributed by atoms with Crippen LogP contribution in [0.4, 0.5) is 0 Å². The molecule has 3 heteroatoms. The van der Waals surface area contributed by atoms with E-state index in [9.17, 15) is 0 Å². The Balaban J connectivity index is 2.93. The summed E-state index contributed by atoms with van der Waals surface area (Å²) < 4.78 is 0. The molecule has 0 atom stereocenters. The largest absolute Gasteiger partial charge is 0.363 e. The van der Waals surface area contributed by atoms with Crippen LogP contribution in [-0.4, -0.2) is 24.8 Å². The Bertz CT molecular complexity index is 263. The second-order valence-corrected chi connectivity index (χ2v) is 3.46. The summed E-state index contributed by atoms with van der Waals surface area (Å²) in [6.45, 7) is 2.03. The Morgan fingerprint density at radius 1 is 1.45 bits per heavy atom. The summed E-state index contributed by atoms with van der Waals surface area (Å²) in [4.78, 5) is 1.81. The van der Waals surface area contributed by atoms with Crippen LogP contribution in [0.3, 0.4) is 0 Å². The second kappa shape index (κ2) is 3.05. The first-order valence-electron chi connectivity index (χ1n) is 3.42. The molecule has 0 bridgehead atoms. The van der Waals surface area contributed by atoms with E-state index in [1.807, 2.05) is 31.3 Å². The van der Waals surface area contributed by atoms with Crippen molar-refractivity contribution in [3.63, 3.8) is 0 Å². The highest BCUT2D eigenvalue weighted by molar-refractivity contribution is 7.08. The fraction of sp³-hybridized carbons (Fsp3) is 0.375. The molecule has 0 spiro atoms. The van der Waals surface area contributed by atoms with Gasteiger partial charge in [-0.1, -0.05) is 0 Å². The van der Waals surface area contributed by atoms with Gasteiger partial charge in [-0.3, -0.25) is 5.41 Å². The van der Waals surface area contributed by atoms with Crippen molar-refractivity contribution in [1.29, 1.82) is 5.41 Å². The number of rotatable bonds is 1. The third-order valence-corrected chi connectivity index (χ3v) is 2.42. The van der Waals surface area contributed by atoms with E-state index >= 15 is 0 Å². The highest BCUT2D eigenvalue weighted by Gasteiger charge is 2.06. The molecule has 1 aromatic rings. The van der Waals surface area contributed by atoms with Crippen molar-refractivity contribution in [2.75, 3.05) is 14.1 Å². The molecule has 11 heavy (non-hydrogen) atoms. The summed E-state index contributed by atoms with van der Waals surface area (Å²) in [5, 5.41) is 11.7. The van der Waals surface area contributed by atoms with Crippen LogP contribution in [0.25, 0.3) is 0 Å². The van der Waals surface area contributed by atoms with E-state index in [-0.39, 0.29) is 0 Å². The van der Waals surface area contributed by atoms with E-state index in [1.165, 1.54) is 5.56 Å². The van der Waals surface area contributed by atoms with Gasteiger partial charge in [-0.15, -0.1) is 0 Å². The quantitative estimate of drug-likeness (QED) is 0.503. The fourth-order valence-corrected chi connectivity index (χ4v) is 1.68. The minimum absolute atomic E-state index is 0.587. The molecule has 1 N–H and O–H groups in total. The van der Waals surface area contributed by atoms with Crippen LogP contribution < -0.4 is 0 Å². The standard InChI is InChI=1S/C8H12N2S/c1-6-4-11-5-7(6)8(9)10(2)3/h4-5,9H,1-3H3. The lowest BCUT2D eigenvalue weighted by molar-refractivity contribution is 0.619. The van der Waals surface area contributed by atoms with Crippen LogP contribution in [0.15, 0.2) is 10.8 Å². The maximum Gasteiger partial charge on any atom is 0.128 e. The predicted molar refractivity (Wildman–Crippen MR) is 49.6 cm³/mol. The van der Waals surface area contributed by atoms with Crippen LogP contribution in [0.2, 0.25) is 0 Å². The third kappa shape index (κ3) is 1.60. The van der Waals surface area contributed by atoms with Gasteiger partial charge in [0, 0.05) is 25.0 Å². The number of nitrogens with one attached hydrogen (secondary N) is 1. The molecule has 0 aliphatic heterocycles. The van der Waals surface area contributed by atoms with Crippen molar-refractivity contribution >= 4 is 17.2 Å². The van der Waals surface area contributed by atoms with Gasteiger partial charge in [0.2, 0.25) is 0 Å². The average molecular weight is 168 g/mol. The molecular formula is C8H12N2S. The molecule has 0 saturated heterocycles. The van der Waals surface area contributed by atoms with E-state index in [2.05, 4.69) is 5.38 Å². The summed E-state index contributed by atoms with van der Waals surface area (Å²) in [7, 11) is 3.78. The molecule has 2 nitrogen and oxygen atoms in total. The Hall–Kier alpha value is -0.830. The zero-order valence-corrected chi connectivity index (χ0v) is 7.83. The van der Waals surface area contributed by atoms with E-state index in [1.54, 1.807) is 11.3 Å². The first-order valence-corrected chi connectivity index (χ1v) is 4.36. The molecule has 0 amide bonds. The highest BCUT2D eigenvalue weighted by Crippen LogP contribution is 2.14. The van der Waals surface area contributed by atoms with Gasteiger partial charge in [-0.05, 0) is 17.9 Å². The molecule has 0 aromatic carbocycles. The maximum atomic E-state index is 7.67. The van der Waals surface area contributed by atoms with Gasteiger partial charge in [0.25, 0.3) is 0 Å². The van der Waals surface area contributed by atoms with Crippen LogP contribution in [-0.2, 0) is 0 Å². The van der Waals surface area contributed by atoms with Crippen LogP contribution in [0.5, 0.6) is 0 Å². The second-order valence-electron chi connectivity index (χ2n) is 2.71. The van der Waals surface area contributed by atoms with Crippen molar-refractivity contribution in [3.05, 3.63) is 21.9 Å². The van der Waals surface area contributed by atoms with Crippen LogP contribution in [0.1, 0.15) is 11.1 Å². The number of hydrogen-bond donors (Lipinski definition) is 1. The number of nitrogens with zero attached hydrogens (tertiary/aromatic N) is 1. The van der Waals surface area contributed by atoms with Crippen LogP contribution in [0, 0.1) is 12.3 Å². The van der Waals surface area contributed by atoms with Gasteiger partial charge in [-0.25, -0.2) is 0 Å². The topological polar surface area (TPSA) is 27.1 Å². The Morgan fingerprint density at radius 2 is 2.09 bits per heavy atom. The maximum absolute atomic E-state index is 7.67. The molecule has 0 aliphatic rings. The molecule has 0 saturated carbocycles. The number of aryl methyl sites for hydroxylation is 1. The smallest absolute Gasteiger partial charge is 0.128 e. The van der Waals surface area contributed by atoms with Crippen molar-refractivity contribution in [2.24, 2.45) is 0 Å². The molecule has 1 heterocycles. The van der Waals surface area contributed by atoms with Crippen molar-refractivity contribution in [3.8, 4) is 0 Å². The van der Waals surface area contributed by atoms with Crippen LogP contribution >= 0.6 is 11.3 Å². The molecule has 60 valence electrons. The Labute approximate surface area is 71.0 Å². The highest BCUT2D eigenvalue weighted by atomic mass is 32.1. The van der Waals surface area contributed by atoms with Gasteiger partial charge >= 0.3 is 0 Å². The zero-order chi connectivity index (χ0) is 8.43. The van der Waals surface area contributed by atoms with Gasteiger partial charge in [0.05, 0.1) is 0 Å². The van der Waals surface area contributed by atoms with Gasteiger partial charge < -0.3 is 4.90 Å². The van der Waals surface area contributed by atoms with Gasteiger partial charge in [0.1, 0.15) is 5.84 Å². The molecule has 0 aliphatic carbocycles. The minimum atomic E-state index is 0.587. The number of hydrogen-bond acceptors (Lipinski definition) is 2. The summed E-state index contributed by atoms with van der Waals surface area (Å²) in [6.07, 6.45) is 0. The summed E-state index contributed by atoms with van der Waals surface area (Å²) >= 11 is 1.64. The lowest BCUT2D eigenvalue weighted by atomic mass is 10.2. The summed E-state index contributed by atoms with van der Waals surface area (Å²) in [5.41, 5.74) is 2.23. The van der Waals surface area contributed by atoms with E-state index in [0.29, 0.717) is 5.84 Å². The minimum Gasteiger partial charge on any atom is -0.363 e. The Kier molecular flexibility index (Phi) is 2.29. The van der Waals surface area contributed by atoms with Crippen molar-refractivity contribution in [2.45, 2.75) is 6.92 Å². The molecule has 0 unspecified atom stereocenters. The first-order chi connectivity index (χ1) is 5.13. The zero-order valence-electron chi connectivity index (χ0n) is 7.01. The van der Waals surface area contributed by atoms with E-state index in [0.717, 1.165) is 5.56 Å². The molecular weight excluding hydrogens is 156 g/mol. The normalized spacial score (nSPS) is 9.73. The lowest BCUT2D eigenvalue weighted by Crippen LogP contribution is -2.21.